The molecule has 21 heavy (non-hydrogen) atoms. The summed E-state index contributed by atoms with van der Waals surface area (Å²) in [7, 11) is 0. The van der Waals surface area contributed by atoms with Gasteiger partial charge in [0.15, 0.2) is 0 Å². The minimum atomic E-state index is -0.191. The second kappa shape index (κ2) is 8.06. The maximum absolute atomic E-state index is 13.7. The van der Waals surface area contributed by atoms with Gasteiger partial charge in [0.2, 0.25) is 0 Å². The number of aryl methyl sites for hydroxylation is 1. The van der Waals surface area contributed by atoms with E-state index >= 15 is 0 Å². The van der Waals surface area contributed by atoms with Gasteiger partial charge in [0.1, 0.15) is 5.82 Å². The molecule has 2 aromatic rings. The summed E-state index contributed by atoms with van der Waals surface area (Å²) in [6, 6.07) is 7.71. The first-order valence-corrected chi connectivity index (χ1v) is 9.07. The van der Waals surface area contributed by atoms with E-state index in [4.69, 9.17) is 0 Å². The third kappa shape index (κ3) is 4.15. The summed E-state index contributed by atoms with van der Waals surface area (Å²) < 4.78 is 14.3. The molecule has 1 nitrogen and oxygen atoms in total. The number of hydrogen-bond donors (Lipinski definition) is 1. The van der Waals surface area contributed by atoms with Gasteiger partial charge in [-0.2, -0.15) is 0 Å². The average Bonchev–Trinajstić information content (AvgIpc) is 2.96. The summed E-state index contributed by atoms with van der Waals surface area (Å²) in [6.07, 6.45) is 2.92. The second-order valence-electron chi connectivity index (χ2n) is 5.09. The van der Waals surface area contributed by atoms with Crippen molar-refractivity contribution in [3.63, 3.8) is 0 Å². The molecule has 0 fully saturated rings. The summed E-state index contributed by atoms with van der Waals surface area (Å²) in [5.41, 5.74) is 2.40. The minimum Gasteiger partial charge on any atom is -0.309 e. The molecule has 2 rings (SSSR count). The summed E-state index contributed by atoms with van der Waals surface area (Å²) in [6.45, 7) is 5.32. The standard InChI is InChI=1S/C17H21BrFNS/c1-3-9-20-15(17-12(4-2)8-10-21-17)11-13-6-5-7-14(19)16(13)18/h5-8,10,15,20H,3-4,9,11H2,1-2H3. The Hall–Kier alpha value is -0.710. The van der Waals surface area contributed by atoms with Crippen LogP contribution in [0.25, 0.3) is 0 Å². The van der Waals surface area contributed by atoms with E-state index in [9.17, 15) is 4.39 Å². The molecule has 1 unspecified atom stereocenters. The number of halogens is 2. The largest absolute Gasteiger partial charge is 0.309 e. The van der Waals surface area contributed by atoms with Crippen LogP contribution in [0.15, 0.2) is 34.1 Å². The zero-order chi connectivity index (χ0) is 15.2. The maximum atomic E-state index is 13.7. The molecule has 1 heterocycles. The van der Waals surface area contributed by atoms with Crippen molar-refractivity contribution in [1.29, 1.82) is 0 Å². The topological polar surface area (TPSA) is 12.0 Å². The number of nitrogens with one attached hydrogen (secondary N) is 1. The van der Waals surface area contributed by atoms with Crippen molar-refractivity contribution in [2.24, 2.45) is 0 Å². The lowest BCUT2D eigenvalue weighted by molar-refractivity contribution is 0.530. The van der Waals surface area contributed by atoms with Gasteiger partial charge in [0.05, 0.1) is 4.47 Å². The van der Waals surface area contributed by atoms with Crippen LogP contribution < -0.4 is 5.32 Å². The van der Waals surface area contributed by atoms with E-state index in [2.05, 4.69) is 46.5 Å². The van der Waals surface area contributed by atoms with Crippen molar-refractivity contribution in [2.45, 2.75) is 39.2 Å². The Balaban J connectivity index is 2.26. The fourth-order valence-electron chi connectivity index (χ4n) is 2.45. The third-order valence-electron chi connectivity index (χ3n) is 3.57. The van der Waals surface area contributed by atoms with Gasteiger partial charge >= 0.3 is 0 Å². The van der Waals surface area contributed by atoms with Crippen LogP contribution in [-0.2, 0) is 12.8 Å². The highest BCUT2D eigenvalue weighted by molar-refractivity contribution is 9.10. The molecular formula is C17H21BrFNS. The molecule has 0 aliphatic rings. The molecule has 114 valence electrons. The fourth-order valence-corrected chi connectivity index (χ4v) is 3.95. The predicted molar refractivity (Wildman–Crippen MR) is 92.5 cm³/mol. The summed E-state index contributed by atoms with van der Waals surface area (Å²) >= 11 is 5.17. The van der Waals surface area contributed by atoms with Crippen LogP contribution in [0.1, 0.15) is 42.3 Å². The van der Waals surface area contributed by atoms with E-state index in [0.29, 0.717) is 4.47 Å². The van der Waals surface area contributed by atoms with E-state index in [0.717, 1.165) is 31.4 Å². The van der Waals surface area contributed by atoms with Crippen molar-refractivity contribution in [3.05, 3.63) is 55.9 Å². The van der Waals surface area contributed by atoms with Crippen LogP contribution in [0.5, 0.6) is 0 Å². The summed E-state index contributed by atoms with van der Waals surface area (Å²) in [4.78, 5) is 1.38. The molecule has 1 atom stereocenters. The normalized spacial score (nSPS) is 12.6. The molecule has 1 aromatic carbocycles. The van der Waals surface area contributed by atoms with E-state index in [1.165, 1.54) is 16.5 Å². The highest BCUT2D eigenvalue weighted by Gasteiger charge is 2.18. The van der Waals surface area contributed by atoms with Gasteiger partial charge in [-0.15, -0.1) is 11.3 Å². The lowest BCUT2D eigenvalue weighted by Gasteiger charge is -2.20. The highest BCUT2D eigenvalue weighted by atomic mass is 79.9. The molecule has 0 spiro atoms. The molecule has 0 radical (unpaired) electrons. The van der Waals surface area contributed by atoms with E-state index in [1.807, 2.05) is 6.07 Å². The molecule has 0 saturated heterocycles. The third-order valence-corrected chi connectivity index (χ3v) is 5.54. The molecule has 0 saturated carbocycles. The van der Waals surface area contributed by atoms with Gasteiger partial charge in [0, 0.05) is 10.9 Å². The second-order valence-corrected chi connectivity index (χ2v) is 6.83. The van der Waals surface area contributed by atoms with E-state index in [-0.39, 0.29) is 11.9 Å². The molecule has 1 N–H and O–H groups in total. The molecule has 0 aliphatic carbocycles. The maximum Gasteiger partial charge on any atom is 0.137 e. The molecule has 4 heteroatoms. The van der Waals surface area contributed by atoms with Crippen molar-refractivity contribution in [2.75, 3.05) is 6.54 Å². The van der Waals surface area contributed by atoms with Crippen LogP contribution >= 0.6 is 27.3 Å². The average molecular weight is 370 g/mol. The Morgan fingerprint density at radius 3 is 2.76 bits per heavy atom. The fraction of sp³-hybridized carbons (Fsp3) is 0.412. The van der Waals surface area contributed by atoms with Crippen LogP contribution in [0, 0.1) is 5.82 Å². The van der Waals surface area contributed by atoms with Gasteiger partial charge in [-0.05, 0) is 70.4 Å². The van der Waals surface area contributed by atoms with Crippen LogP contribution in [0.3, 0.4) is 0 Å². The van der Waals surface area contributed by atoms with Crippen molar-refractivity contribution >= 4 is 27.3 Å². The lowest BCUT2D eigenvalue weighted by Crippen LogP contribution is -2.24. The zero-order valence-electron chi connectivity index (χ0n) is 12.5. The lowest BCUT2D eigenvalue weighted by atomic mass is 10.0. The first-order valence-electron chi connectivity index (χ1n) is 7.39. The van der Waals surface area contributed by atoms with E-state index in [1.54, 1.807) is 17.4 Å². The number of hydrogen-bond acceptors (Lipinski definition) is 2. The van der Waals surface area contributed by atoms with Gasteiger partial charge < -0.3 is 5.32 Å². The van der Waals surface area contributed by atoms with Crippen molar-refractivity contribution in [3.8, 4) is 0 Å². The quantitative estimate of drug-likeness (QED) is 0.679. The Bertz CT molecular complexity index is 582. The van der Waals surface area contributed by atoms with Crippen molar-refractivity contribution < 1.29 is 4.39 Å². The molecule has 1 aromatic heterocycles. The number of benzene rings is 1. The monoisotopic (exact) mass is 369 g/mol. The smallest absolute Gasteiger partial charge is 0.137 e. The molecule has 0 amide bonds. The summed E-state index contributed by atoms with van der Waals surface area (Å²) in [5, 5.41) is 5.76. The highest BCUT2D eigenvalue weighted by Crippen LogP contribution is 2.30. The molecule has 0 aliphatic heterocycles. The number of thiophene rings is 1. The van der Waals surface area contributed by atoms with Crippen molar-refractivity contribution in [1.82, 2.24) is 5.32 Å². The minimum absolute atomic E-state index is 0.191. The first-order chi connectivity index (χ1) is 10.2. The van der Waals surface area contributed by atoms with Gasteiger partial charge in [-0.1, -0.05) is 26.0 Å². The van der Waals surface area contributed by atoms with Gasteiger partial charge in [-0.3, -0.25) is 0 Å². The summed E-state index contributed by atoms with van der Waals surface area (Å²) in [5.74, 6) is -0.191. The SMILES string of the molecule is CCCNC(Cc1cccc(F)c1Br)c1sccc1CC. The zero-order valence-corrected chi connectivity index (χ0v) is 14.9. The first kappa shape index (κ1) is 16.7. The molecular weight excluding hydrogens is 349 g/mol. The Morgan fingerprint density at radius 1 is 1.24 bits per heavy atom. The number of rotatable bonds is 7. The van der Waals surface area contributed by atoms with E-state index < -0.39 is 0 Å². The van der Waals surface area contributed by atoms with Gasteiger partial charge in [-0.25, -0.2) is 4.39 Å². The molecule has 0 bridgehead atoms. The Kier molecular flexibility index (Phi) is 6.40. The Labute approximate surface area is 138 Å². The Morgan fingerprint density at radius 2 is 2.05 bits per heavy atom. The van der Waals surface area contributed by atoms with Crippen LogP contribution in [0.2, 0.25) is 0 Å². The van der Waals surface area contributed by atoms with Crippen LogP contribution in [0.4, 0.5) is 4.39 Å². The predicted octanol–water partition coefficient (Wildman–Crippen LogP) is 5.50. The van der Waals surface area contributed by atoms with Gasteiger partial charge in [0.25, 0.3) is 0 Å². The van der Waals surface area contributed by atoms with Crippen LogP contribution in [-0.4, -0.2) is 6.54 Å².